The van der Waals surface area contributed by atoms with Gasteiger partial charge in [-0.05, 0) is 0 Å². The lowest BCUT2D eigenvalue weighted by molar-refractivity contribution is -0.400. The molecule has 0 radical (unpaired) electrons. The monoisotopic (exact) mass is 1400 g/mol. The molecule has 1 unspecified atom stereocenters. The molecule has 8 fully saturated rings. The Morgan fingerprint density at radius 3 is 1.00 bits per heavy atom. The van der Waals surface area contributed by atoms with Crippen molar-refractivity contribution in [2.24, 2.45) is 0 Å². The van der Waals surface area contributed by atoms with Crippen molar-refractivity contribution in [2.75, 3.05) is 52.9 Å². The van der Waals surface area contributed by atoms with E-state index in [1.54, 1.807) is 0 Å². The number of ether oxygens (including phenoxy) is 15. The maximum absolute atomic E-state index is 12.8. The molecule has 0 aromatic heterocycles. The Bertz CT molecular complexity index is 2380. The number of aliphatic hydroxyl groups excluding tert-OH is 24. The first-order valence-electron chi connectivity index (χ1n) is 30.1. The van der Waals surface area contributed by atoms with Gasteiger partial charge in [0, 0.05) is 13.8 Å². The SMILES string of the molecule is CC(=O)N[C@H]1[C@H](O[C@H]2[C@H](O)[C@@H](NC(C)=O)C(O)O[C@@H]2CO)O[C@H](CO)[C@@H](O[C@@H]2O[C@H](CO[C@H]3O[C@H](CO)[C@@H](O)[C@H](O[C@H]4O[C@H](CO)[C@@H](O)[C@H](O)[C@@H]4O[C@H]4O[C@H](CO)[C@@H](O)[C@H](O)[C@@H]4O)[C@@H]3O)[C@@H](O)[C@H](O[C@H]3O[C@H](CO)[C@@H](O)[C@H](O)[C@@H]3O[C@H]3O[C@H](CO)[C@@H](O)[C@H](O)[C@@H]3O)[C@@H]2O)[C@@H]1O. The number of nitrogens with one attached hydrogen (secondary N) is 2. The number of carbonyl (C=O) groups excluding carboxylic acids is 2. The van der Waals surface area contributed by atoms with Crippen LogP contribution in [0.2, 0.25) is 0 Å². The number of carbonyl (C=O) groups is 2. The zero-order valence-electron chi connectivity index (χ0n) is 50.4. The van der Waals surface area contributed by atoms with E-state index < -0.39 is 310 Å². The van der Waals surface area contributed by atoms with E-state index in [9.17, 15) is 132 Å². The predicted molar refractivity (Wildman–Crippen MR) is 288 cm³/mol. The minimum atomic E-state index is -2.47. The fourth-order valence-corrected chi connectivity index (χ4v) is 12.1. The Hall–Kier alpha value is -2.62. The minimum absolute atomic E-state index is 0.763. The highest BCUT2D eigenvalue weighted by Gasteiger charge is 2.60. The van der Waals surface area contributed by atoms with Crippen LogP contribution < -0.4 is 10.6 Å². The van der Waals surface area contributed by atoms with Gasteiger partial charge >= 0.3 is 0 Å². The van der Waals surface area contributed by atoms with Crippen LogP contribution in [0.1, 0.15) is 13.8 Å². The molecule has 0 aromatic rings. The zero-order valence-corrected chi connectivity index (χ0v) is 50.4. The van der Waals surface area contributed by atoms with E-state index in [-0.39, 0.29) is 0 Å². The van der Waals surface area contributed by atoms with Gasteiger partial charge < -0.3 is 204 Å². The molecule has 95 heavy (non-hydrogen) atoms. The summed E-state index contributed by atoms with van der Waals surface area (Å²) in [6.45, 7) is -6.45. The second-order valence-electron chi connectivity index (χ2n) is 23.9. The largest absolute Gasteiger partial charge is 0.394 e. The fourth-order valence-electron chi connectivity index (χ4n) is 12.1. The average molecular weight is 1400 g/mol. The van der Waals surface area contributed by atoms with E-state index in [1.165, 1.54) is 0 Å². The number of aliphatic hydroxyl groups is 24. The van der Waals surface area contributed by atoms with Crippen molar-refractivity contribution in [3.05, 3.63) is 0 Å². The average Bonchev–Trinajstić information content (AvgIpc) is 0.778. The molecular weight excluding hydrogens is 1310 g/mol. The van der Waals surface area contributed by atoms with Crippen molar-refractivity contribution >= 4 is 11.8 Å². The maximum atomic E-state index is 12.8. The molecule has 8 heterocycles. The molecule has 43 heteroatoms. The first kappa shape index (κ1) is 78.1. The molecule has 40 atom stereocenters. The molecule has 0 aromatic carbocycles. The molecular formula is C52H88N2O41. The van der Waals surface area contributed by atoms with Crippen LogP contribution in [0.15, 0.2) is 0 Å². The predicted octanol–water partition coefficient (Wildman–Crippen LogP) is -18.2. The van der Waals surface area contributed by atoms with Crippen molar-refractivity contribution in [1.82, 2.24) is 10.6 Å². The Morgan fingerprint density at radius 2 is 0.568 bits per heavy atom. The summed E-state index contributed by atoms with van der Waals surface area (Å²) in [7, 11) is 0. The van der Waals surface area contributed by atoms with Crippen LogP contribution in [0.4, 0.5) is 0 Å². The molecule has 43 nitrogen and oxygen atoms in total. The lowest BCUT2D eigenvalue weighted by Crippen LogP contribution is -2.70. The lowest BCUT2D eigenvalue weighted by atomic mass is 9.94. The second-order valence-corrected chi connectivity index (χ2v) is 23.9. The van der Waals surface area contributed by atoms with Crippen molar-refractivity contribution in [3.8, 4) is 0 Å². The molecule has 0 saturated carbocycles. The molecule has 26 N–H and O–H groups in total. The summed E-state index contributed by atoms with van der Waals surface area (Å²) < 4.78 is 86.7. The van der Waals surface area contributed by atoms with Gasteiger partial charge in [-0.3, -0.25) is 9.59 Å². The third-order valence-electron chi connectivity index (χ3n) is 17.4. The van der Waals surface area contributed by atoms with Crippen LogP contribution in [0.5, 0.6) is 0 Å². The van der Waals surface area contributed by atoms with E-state index in [0.29, 0.717) is 0 Å². The van der Waals surface area contributed by atoms with Gasteiger partial charge in [0.15, 0.2) is 50.3 Å². The molecule has 0 bridgehead atoms. The fraction of sp³-hybridized carbons (Fsp3) is 0.962. The van der Waals surface area contributed by atoms with Gasteiger partial charge in [0.05, 0.1) is 52.9 Å². The summed E-state index contributed by atoms with van der Waals surface area (Å²) >= 11 is 0. The van der Waals surface area contributed by atoms with E-state index >= 15 is 0 Å². The van der Waals surface area contributed by atoms with Gasteiger partial charge in [-0.25, -0.2) is 0 Å². The minimum Gasteiger partial charge on any atom is -0.394 e. The highest BCUT2D eigenvalue weighted by molar-refractivity contribution is 5.73. The summed E-state index contributed by atoms with van der Waals surface area (Å²) in [6, 6.07) is -3.47. The molecule has 8 rings (SSSR count). The molecule has 8 aliphatic rings. The third-order valence-corrected chi connectivity index (χ3v) is 17.4. The lowest BCUT2D eigenvalue weighted by Gasteiger charge is -2.51. The second kappa shape index (κ2) is 33.9. The van der Waals surface area contributed by atoms with Crippen LogP contribution >= 0.6 is 0 Å². The van der Waals surface area contributed by atoms with E-state index in [1.807, 2.05) is 0 Å². The standard InChI is InChI=1S/C52H88N2O41/c1-11(62)53-21-29(70)39(18(8-60)82-45(21)80)90-46-22(54-12(2)63)30(71)40(19(9-61)88-46)91-50-38(79)42(93-52-44(34(75)26(67)16(6-58)87-52)95-49-36(77)32(73)24(65)14(4-56)85-49)28(69)20(89-50)10-81-47-37(78)41(27(68)17(7-59)83-47)92-51-43(33(74)25(66)15(5-57)86-51)94-48-35(76)31(72)23(64)13(3-55)84-48/h13-52,55-61,64-80H,3-10H2,1-2H3,(H,53,62)(H,54,63)/t13-,14-,15-,16-,17-,18-,19-,20-,21-,22-,23-,24-,25-,26-,27-,28-,29-,30-,31+,32+,33+,34+,35+,36+,37+,38+,39-,40-,41+,42+,43+,44+,45?,46+,47+,48-,49-,50+,51-,52-/m1/s1. The molecule has 2 amide bonds. The quantitative estimate of drug-likeness (QED) is 0.0427. The third kappa shape index (κ3) is 16.8. The summed E-state index contributed by atoms with van der Waals surface area (Å²) in [5, 5.41) is 266. The van der Waals surface area contributed by atoms with Crippen molar-refractivity contribution in [2.45, 2.75) is 259 Å². The van der Waals surface area contributed by atoms with Crippen molar-refractivity contribution in [3.63, 3.8) is 0 Å². The van der Waals surface area contributed by atoms with Crippen LogP contribution in [0.25, 0.3) is 0 Å². The molecule has 8 saturated heterocycles. The van der Waals surface area contributed by atoms with Crippen molar-refractivity contribution in [1.29, 1.82) is 0 Å². The first-order valence-corrected chi connectivity index (χ1v) is 30.1. The molecule has 8 aliphatic heterocycles. The van der Waals surface area contributed by atoms with Crippen molar-refractivity contribution < 1.29 is 203 Å². The van der Waals surface area contributed by atoms with E-state index in [2.05, 4.69) is 10.6 Å². The van der Waals surface area contributed by atoms with E-state index in [4.69, 9.17) is 71.1 Å². The highest BCUT2D eigenvalue weighted by atomic mass is 16.8. The van der Waals surface area contributed by atoms with Crippen LogP contribution in [0.3, 0.4) is 0 Å². The van der Waals surface area contributed by atoms with Gasteiger partial charge in [-0.2, -0.15) is 0 Å². The van der Waals surface area contributed by atoms with Gasteiger partial charge in [0.1, 0.15) is 195 Å². The number of rotatable bonds is 24. The smallest absolute Gasteiger partial charge is 0.217 e. The van der Waals surface area contributed by atoms with Gasteiger partial charge in [-0.15, -0.1) is 0 Å². The van der Waals surface area contributed by atoms with Gasteiger partial charge in [0.2, 0.25) is 11.8 Å². The summed E-state index contributed by atoms with van der Waals surface area (Å²) in [5.74, 6) is -1.67. The molecule has 0 aliphatic carbocycles. The van der Waals surface area contributed by atoms with Gasteiger partial charge in [-0.1, -0.05) is 0 Å². The Labute approximate surface area is 536 Å². The summed E-state index contributed by atoms with van der Waals surface area (Å²) in [4.78, 5) is 24.8. The zero-order chi connectivity index (χ0) is 69.9. The molecule has 552 valence electrons. The summed E-state index contributed by atoms with van der Waals surface area (Å²) in [5.41, 5.74) is 0. The topological polar surface area (TPSA) is 682 Å². The Balaban J connectivity index is 1.10. The van der Waals surface area contributed by atoms with E-state index in [0.717, 1.165) is 13.8 Å². The normalized spacial score (nSPS) is 50.8. The van der Waals surface area contributed by atoms with Crippen LogP contribution in [-0.4, -0.2) is 433 Å². The first-order chi connectivity index (χ1) is 45.0. The summed E-state index contributed by atoms with van der Waals surface area (Å²) in [6.07, 6.45) is -78.1. The van der Waals surface area contributed by atoms with Crippen LogP contribution in [0, 0.1) is 0 Å². The number of hydrogen-bond donors (Lipinski definition) is 26. The van der Waals surface area contributed by atoms with Gasteiger partial charge in [0.25, 0.3) is 0 Å². The maximum Gasteiger partial charge on any atom is 0.217 e. The molecule has 0 spiro atoms. The number of amides is 2. The highest BCUT2D eigenvalue weighted by Crippen LogP contribution is 2.39. The Kier molecular flexibility index (Phi) is 27.9. The van der Waals surface area contributed by atoms with Crippen LogP contribution in [-0.2, 0) is 80.6 Å². The number of hydrogen-bond acceptors (Lipinski definition) is 41. The Morgan fingerprint density at radius 1 is 0.274 bits per heavy atom.